The van der Waals surface area contributed by atoms with E-state index in [0.717, 1.165) is 17.7 Å². The number of amides is 1. The molecule has 1 fully saturated rings. The van der Waals surface area contributed by atoms with Crippen LogP contribution in [0.3, 0.4) is 0 Å². The van der Waals surface area contributed by atoms with Gasteiger partial charge in [-0.05, 0) is 51.0 Å². The summed E-state index contributed by atoms with van der Waals surface area (Å²) in [6.07, 6.45) is 4.37. The first-order valence-corrected chi connectivity index (χ1v) is 8.96. The standard InChI is InChI=1S/C20H29NO4/c1-5-12-24-17-9-7-16(14-18(17)23-6-2)8-10-19(22)21-11-13-25-20(3,4)15-21/h7-10,14H,5-6,11-13,15H2,1-4H3/b10-8+. The maximum atomic E-state index is 12.4. The lowest BCUT2D eigenvalue weighted by Crippen LogP contribution is -2.50. The van der Waals surface area contributed by atoms with E-state index in [0.29, 0.717) is 38.7 Å². The SMILES string of the molecule is CCCOc1ccc(/C=C/C(=O)N2CCOC(C)(C)C2)cc1OCC. The van der Waals surface area contributed by atoms with E-state index < -0.39 is 0 Å². The molecule has 0 N–H and O–H groups in total. The van der Waals surface area contributed by atoms with Gasteiger partial charge in [0.05, 0.1) is 25.4 Å². The number of benzene rings is 1. The van der Waals surface area contributed by atoms with Crippen LogP contribution in [0.2, 0.25) is 0 Å². The van der Waals surface area contributed by atoms with E-state index >= 15 is 0 Å². The maximum Gasteiger partial charge on any atom is 0.246 e. The van der Waals surface area contributed by atoms with E-state index in [2.05, 4.69) is 6.92 Å². The summed E-state index contributed by atoms with van der Waals surface area (Å²) in [7, 11) is 0. The minimum Gasteiger partial charge on any atom is -0.490 e. The van der Waals surface area contributed by atoms with Crippen LogP contribution < -0.4 is 9.47 Å². The summed E-state index contributed by atoms with van der Waals surface area (Å²) in [5, 5.41) is 0. The van der Waals surface area contributed by atoms with Crippen LogP contribution in [-0.2, 0) is 9.53 Å². The Kier molecular flexibility index (Phi) is 6.88. The van der Waals surface area contributed by atoms with Gasteiger partial charge in [-0.25, -0.2) is 0 Å². The van der Waals surface area contributed by atoms with Crippen molar-refractivity contribution in [2.24, 2.45) is 0 Å². The highest BCUT2D eigenvalue weighted by molar-refractivity contribution is 5.92. The molecule has 1 saturated heterocycles. The Labute approximate surface area is 150 Å². The molecule has 1 amide bonds. The summed E-state index contributed by atoms with van der Waals surface area (Å²) < 4.78 is 17.0. The number of morpholine rings is 1. The van der Waals surface area contributed by atoms with Gasteiger partial charge in [-0.1, -0.05) is 13.0 Å². The molecule has 5 nitrogen and oxygen atoms in total. The molecule has 0 bridgehead atoms. The number of ether oxygens (including phenoxy) is 3. The number of hydrogen-bond donors (Lipinski definition) is 0. The van der Waals surface area contributed by atoms with E-state index in [1.807, 2.05) is 49.9 Å². The van der Waals surface area contributed by atoms with E-state index in [4.69, 9.17) is 14.2 Å². The second-order valence-corrected chi connectivity index (χ2v) is 6.69. The molecule has 5 heteroatoms. The summed E-state index contributed by atoms with van der Waals surface area (Å²) >= 11 is 0. The Morgan fingerprint density at radius 3 is 2.76 bits per heavy atom. The quantitative estimate of drug-likeness (QED) is 0.708. The molecular formula is C20H29NO4. The molecule has 0 atom stereocenters. The predicted octanol–water partition coefficient (Wildman–Crippen LogP) is 3.52. The predicted molar refractivity (Wildman–Crippen MR) is 99.0 cm³/mol. The first-order valence-electron chi connectivity index (χ1n) is 8.96. The molecule has 0 aromatic heterocycles. The molecule has 0 aliphatic carbocycles. The van der Waals surface area contributed by atoms with Crippen LogP contribution in [0.5, 0.6) is 11.5 Å². The lowest BCUT2D eigenvalue weighted by atomic mass is 10.1. The highest BCUT2D eigenvalue weighted by Gasteiger charge is 2.28. The number of nitrogens with zero attached hydrogens (tertiary/aromatic N) is 1. The van der Waals surface area contributed by atoms with Crippen LogP contribution in [-0.4, -0.2) is 49.3 Å². The highest BCUT2D eigenvalue weighted by Crippen LogP contribution is 2.29. The van der Waals surface area contributed by atoms with Gasteiger partial charge in [0.15, 0.2) is 11.5 Å². The van der Waals surface area contributed by atoms with Crippen LogP contribution in [0, 0.1) is 0 Å². The van der Waals surface area contributed by atoms with Gasteiger partial charge in [-0.15, -0.1) is 0 Å². The Morgan fingerprint density at radius 1 is 1.28 bits per heavy atom. The molecule has 1 aromatic carbocycles. The summed E-state index contributed by atoms with van der Waals surface area (Å²) in [5.74, 6) is 1.45. The summed E-state index contributed by atoms with van der Waals surface area (Å²) in [6.45, 7) is 11.0. The zero-order valence-corrected chi connectivity index (χ0v) is 15.7. The van der Waals surface area contributed by atoms with Crippen molar-refractivity contribution < 1.29 is 19.0 Å². The normalized spacial score (nSPS) is 16.9. The van der Waals surface area contributed by atoms with Crippen molar-refractivity contribution in [1.82, 2.24) is 4.90 Å². The second-order valence-electron chi connectivity index (χ2n) is 6.69. The van der Waals surface area contributed by atoms with Gasteiger partial charge in [0.2, 0.25) is 5.91 Å². The van der Waals surface area contributed by atoms with E-state index in [1.54, 1.807) is 6.08 Å². The third-order valence-electron chi connectivity index (χ3n) is 3.88. The van der Waals surface area contributed by atoms with Crippen molar-refractivity contribution in [2.75, 3.05) is 32.9 Å². The van der Waals surface area contributed by atoms with Crippen LogP contribution >= 0.6 is 0 Å². The molecule has 0 radical (unpaired) electrons. The Bertz CT molecular complexity index is 610. The fraction of sp³-hybridized carbons (Fsp3) is 0.550. The molecule has 1 aromatic rings. The molecular weight excluding hydrogens is 318 g/mol. The number of rotatable bonds is 7. The average molecular weight is 347 g/mol. The minimum absolute atomic E-state index is 0.000597. The molecule has 1 aliphatic heterocycles. The fourth-order valence-corrected chi connectivity index (χ4v) is 2.71. The molecule has 25 heavy (non-hydrogen) atoms. The number of carbonyl (C=O) groups excluding carboxylic acids is 1. The fourth-order valence-electron chi connectivity index (χ4n) is 2.71. The molecule has 0 saturated carbocycles. The third kappa shape index (κ3) is 5.78. The van der Waals surface area contributed by atoms with Gasteiger partial charge in [0.25, 0.3) is 0 Å². The Hall–Kier alpha value is -2.01. The van der Waals surface area contributed by atoms with Crippen LogP contribution in [0.15, 0.2) is 24.3 Å². The Balaban J connectivity index is 2.06. The van der Waals surface area contributed by atoms with Gasteiger partial charge in [-0.3, -0.25) is 4.79 Å². The molecule has 0 spiro atoms. The van der Waals surface area contributed by atoms with Gasteiger partial charge >= 0.3 is 0 Å². The average Bonchev–Trinajstić information content (AvgIpc) is 2.58. The largest absolute Gasteiger partial charge is 0.490 e. The van der Waals surface area contributed by atoms with Gasteiger partial charge in [0.1, 0.15) is 0 Å². The summed E-state index contributed by atoms with van der Waals surface area (Å²) in [5.41, 5.74) is 0.621. The smallest absolute Gasteiger partial charge is 0.246 e. The maximum absolute atomic E-state index is 12.4. The van der Waals surface area contributed by atoms with E-state index in [1.165, 1.54) is 0 Å². The van der Waals surface area contributed by atoms with Crippen LogP contribution in [0.4, 0.5) is 0 Å². The van der Waals surface area contributed by atoms with E-state index in [-0.39, 0.29) is 11.5 Å². The van der Waals surface area contributed by atoms with Gasteiger partial charge < -0.3 is 19.1 Å². The Morgan fingerprint density at radius 2 is 2.08 bits per heavy atom. The van der Waals surface area contributed by atoms with Crippen molar-refractivity contribution in [3.05, 3.63) is 29.8 Å². The zero-order chi connectivity index (χ0) is 18.3. The van der Waals surface area contributed by atoms with Gasteiger partial charge in [-0.2, -0.15) is 0 Å². The monoisotopic (exact) mass is 347 g/mol. The summed E-state index contributed by atoms with van der Waals surface area (Å²) in [4.78, 5) is 14.2. The zero-order valence-electron chi connectivity index (χ0n) is 15.7. The van der Waals surface area contributed by atoms with Crippen molar-refractivity contribution in [2.45, 2.75) is 39.7 Å². The van der Waals surface area contributed by atoms with Crippen LogP contribution in [0.25, 0.3) is 6.08 Å². The molecule has 138 valence electrons. The minimum atomic E-state index is -0.290. The van der Waals surface area contributed by atoms with E-state index in [9.17, 15) is 4.79 Å². The van der Waals surface area contributed by atoms with Crippen molar-refractivity contribution in [3.63, 3.8) is 0 Å². The van der Waals surface area contributed by atoms with Gasteiger partial charge in [0, 0.05) is 19.2 Å². The van der Waals surface area contributed by atoms with Crippen molar-refractivity contribution >= 4 is 12.0 Å². The molecule has 1 aliphatic rings. The number of carbonyl (C=O) groups is 1. The first-order chi connectivity index (χ1) is 11.9. The third-order valence-corrected chi connectivity index (χ3v) is 3.88. The van der Waals surface area contributed by atoms with Crippen LogP contribution in [0.1, 0.15) is 39.7 Å². The topological polar surface area (TPSA) is 48.0 Å². The highest BCUT2D eigenvalue weighted by atomic mass is 16.5. The lowest BCUT2D eigenvalue weighted by Gasteiger charge is -2.37. The van der Waals surface area contributed by atoms with Crippen molar-refractivity contribution in [1.29, 1.82) is 0 Å². The molecule has 1 heterocycles. The second kappa shape index (κ2) is 8.90. The molecule has 2 rings (SSSR count). The summed E-state index contributed by atoms with van der Waals surface area (Å²) in [6, 6.07) is 5.73. The van der Waals surface area contributed by atoms with Crippen molar-refractivity contribution in [3.8, 4) is 11.5 Å². The lowest BCUT2D eigenvalue weighted by molar-refractivity contribution is -0.140. The first kappa shape index (κ1) is 19.3. The number of hydrogen-bond acceptors (Lipinski definition) is 4. The molecule has 0 unspecified atom stereocenters.